The van der Waals surface area contributed by atoms with E-state index in [1.807, 2.05) is 31.2 Å². The first-order chi connectivity index (χ1) is 15.9. The second-order valence-corrected chi connectivity index (χ2v) is 8.40. The summed E-state index contributed by atoms with van der Waals surface area (Å²) in [5, 5.41) is 11.6. The van der Waals surface area contributed by atoms with Gasteiger partial charge in [-0.15, -0.1) is 0 Å². The van der Waals surface area contributed by atoms with Gasteiger partial charge in [-0.25, -0.2) is 0 Å². The normalized spacial score (nSPS) is 17.5. The molecule has 0 radical (unpaired) electrons. The number of hydrogen-bond donors (Lipinski definition) is 1. The summed E-state index contributed by atoms with van der Waals surface area (Å²) in [7, 11) is 1.46. The summed E-state index contributed by atoms with van der Waals surface area (Å²) in [5.74, 6) is -0.597. The number of ether oxygens (including phenoxy) is 2. The third-order valence-electron chi connectivity index (χ3n) is 5.63. The lowest BCUT2D eigenvalue weighted by atomic mass is 9.95. The van der Waals surface area contributed by atoms with E-state index in [0.29, 0.717) is 35.9 Å². The van der Waals surface area contributed by atoms with Gasteiger partial charge in [-0.05, 0) is 48.7 Å². The van der Waals surface area contributed by atoms with Crippen LogP contribution in [-0.4, -0.2) is 42.0 Å². The molecule has 1 N–H and O–H groups in total. The average Bonchev–Trinajstić information content (AvgIpc) is 3.07. The molecule has 1 unspecified atom stereocenters. The van der Waals surface area contributed by atoms with Gasteiger partial charge >= 0.3 is 0 Å². The number of nitrogens with zero attached hydrogens (tertiary/aromatic N) is 1. The van der Waals surface area contributed by atoms with Crippen LogP contribution in [0.5, 0.6) is 11.5 Å². The molecular formula is C26H30ClNO5. The van der Waals surface area contributed by atoms with Crippen LogP contribution in [0.15, 0.2) is 48.0 Å². The Morgan fingerprint density at radius 1 is 1.06 bits per heavy atom. The first-order valence-corrected chi connectivity index (χ1v) is 11.7. The van der Waals surface area contributed by atoms with E-state index in [9.17, 15) is 14.7 Å². The molecule has 1 amide bonds. The summed E-state index contributed by atoms with van der Waals surface area (Å²) in [4.78, 5) is 27.4. The van der Waals surface area contributed by atoms with E-state index >= 15 is 0 Å². The zero-order chi connectivity index (χ0) is 24.0. The number of Topliss-reactive ketones (excluding diaryl/α,β-unsaturated/α-hetero) is 1. The Balaban J connectivity index is 2.04. The van der Waals surface area contributed by atoms with Crippen molar-refractivity contribution in [3.05, 3.63) is 64.2 Å². The minimum Gasteiger partial charge on any atom is -0.507 e. The van der Waals surface area contributed by atoms with Gasteiger partial charge in [-0.3, -0.25) is 9.59 Å². The van der Waals surface area contributed by atoms with Gasteiger partial charge in [0.05, 0.1) is 30.9 Å². The molecule has 0 aromatic heterocycles. The van der Waals surface area contributed by atoms with Crippen LogP contribution in [0.3, 0.4) is 0 Å². The molecule has 0 saturated carbocycles. The number of likely N-dealkylation sites (tertiary alicyclic amines) is 1. The average molecular weight is 472 g/mol. The first-order valence-electron chi connectivity index (χ1n) is 11.3. The lowest BCUT2D eigenvalue weighted by Gasteiger charge is -2.25. The predicted molar refractivity (Wildman–Crippen MR) is 129 cm³/mol. The predicted octanol–water partition coefficient (Wildman–Crippen LogP) is 5.75. The van der Waals surface area contributed by atoms with E-state index in [0.717, 1.165) is 25.0 Å². The quantitative estimate of drug-likeness (QED) is 0.206. The molecule has 2 aromatic carbocycles. The molecule has 1 fully saturated rings. The second-order valence-electron chi connectivity index (χ2n) is 7.96. The Morgan fingerprint density at radius 2 is 1.79 bits per heavy atom. The Labute approximate surface area is 199 Å². The van der Waals surface area contributed by atoms with Crippen molar-refractivity contribution >= 4 is 29.1 Å². The highest BCUT2D eigenvalue weighted by atomic mass is 35.5. The van der Waals surface area contributed by atoms with Gasteiger partial charge in [0.2, 0.25) is 0 Å². The van der Waals surface area contributed by atoms with Crippen LogP contribution in [0, 0.1) is 0 Å². The van der Waals surface area contributed by atoms with Crippen molar-refractivity contribution in [2.75, 3.05) is 20.3 Å². The summed E-state index contributed by atoms with van der Waals surface area (Å²) in [6.07, 6.45) is 3.88. The molecule has 3 rings (SSSR count). The number of methoxy groups -OCH3 is 1. The largest absolute Gasteiger partial charge is 0.507 e. The number of carbonyl (C=O) groups excluding carboxylic acids is 2. The molecule has 1 atom stereocenters. The highest BCUT2D eigenvalue weighted by Gasteiger charge is 2.45. The maximum Gasteiger partial charge on any atom is 0.295 e. The number of hydrogen-bond acceptors (Lipinski definition) is 5. The number of rotatable bonds is 10. The fraction of sp³-hybridized carbons (Fsp3) is 0.385. The summed E-state index contributed by atoms with van der Waals surface area (Å²) < 4.78 is 11.1. The van der Waals surface area contributed by atoms with Gasteiger partial charge in [-0.1, -0.05) is 50.4 Å². The number of benzene rings is 2. The zero-order valence-electron chi connectivity index (χ0n) is 19.3. The molecule has 1 aliphatic rings. The Hall–Kier alpha value is -2.99. The highest BCUT2D eigenvalue weighted by molar-refractivity contribution is 6.46. The van der Waals surface area contributed by atoms with Gasteiger partial charge in [0, 0.05) is 11.6 Å². The number of carbonyl (C=O) groups is 2. The maximum atomic E-state index is 13.0. The monoisotopic (exact) mass is 471 g/mol. The first kappa shape index (κ1) is 24.6. The van der Waals surface area contributed by atoms with Crippen LogP contribution in [0.4, 0.5) is 0 Å². The van der Waals surface area contributed by atoms with E-state index in [4.69, 9.17) is 21.1 Å². The third kappa shape index (κ3) is 5.33. The van der Waals surface area contributed by atoms with E-state index < -0.39 is 17.7 Å². The highest BCUT2D eigenvalue weighted by Crippen LogP contribution is 2.41. The zero-order valence-corrected chi connectivity index (χ0v) is 20.0. The molecule has 2 aromatic rings. The molecule has 1 saturated heterocycles. The van der Waals surface area contributed by atoms with Crippen molar-refractivity contribution in [2.45, 2.75) is 45.6 Å². The van der Waals surface area contributed by atoms with Crippen LogP contribution in [0.2, 0.25) is 5.02 Å². The number of amides is 1. The number of halogens is 1. The molecule has 0 bridgehead atoms. The van der Waals surface area contributed by atoms with Gasteiger partial charge in [0.1, 0.15) is 17.3 Å². The minimum absolute atomic E-state index is 0.0191. The van der Waals surface area contributed by atoms with Crippen molar-refractivity contribution in [2.24, 2.45) is 0 Å². The Kier molecular flexibility index (Phi) is 8.39. The topological polar surface area (TPSA) is 76.1 Å². The molecular weight excluding hydrogens is 442 g/mol. The van der Waals surface area contributed by atoms with Crippen molar-refractivity contribution in [3.63, 3.8) is 0 Å². The maximum absolute atomic E-state index is 13.0. The molecule has 33 heavy (non-hydrogen) atoms. The number of ketones is 1. The molecule has 0 aliphatic carbocycles. The molecule has 7 heteroatoms. The van der Waals surface area contributed by atoms with Crippen LogP contribution in [-0.2, 0) is 9.59 Å². The fourth-order valence-corrected chi connectivity index (χ4v) is 4.17. The van der Waals surface area contributed by atoms with Crippen LogP contribution in [0.25, 0.3) is 5.76 Å². The van der Waals surface area contributed by atoms with E-state index in [-0.39, 0.29) is 16.9 Å². The molecule has 176 valence electrons. The number of aliphatic hydroxyl groups is 1. The van der Waals surface area contributed by atoms with Crippen LogP contribution in [0.1, 0.15) is 56.7 Å². The summed E-state index contributed by atoms with van der Waals surface area (Å²) >= 11 is 6.13. The second kappa shape index (κ2) is 11.2. The van der Waals surface area contributed by atoms with Gasteiger partial charge in [0.15, 0.2) is 0 Å². The van der Waals surface area contributed by atoms with E-state index in [1.54, 1.807) is 12.1 Å². The van der Waals surface area contributed by atoms with Gasteiger partial charge in [0.25, 0.3) is 11.7 Å². The lowest BCUT2D eigenvalue weighted by molar-refractivity contribution is -0.139. The van der Waals surface area contributed by atoms with Crippen LogP contribution < -0.4 is 9.47 Å². The van der Waals surface area contributed by atoms with E-state index in [2.05, 4.69) is 6.92 Å². The number of aliphatic hydroxyl groups excluding tert-OH is 1. The van der Waals surface area contributed by atoms with Crippen molar-refractivity contribution in [1.29, 1.82) is 0 Å². The smallest absolute Gasteiger partial charge is 0.295 e. The van der Waals surface area contributed by atoms with Gasteiger partial charge in [-0.2, -0.15) is 0 Å². The van der Waals surface area contributed by atoms with Gasteiger partial charge < -0.3 is 19.5 Å². The summed E-state index contributed by atoms with van der Waals surface area (Å²) in [6, 6.07) is 11.4. The minimum atomic E-state index is -0.729. The summed E-state index contributed by atoms with van der Waals surface area (Å²) in [6.45, 7) is 5.09. The lowest BCUT2D eigenvalue weighted by Crippen LogP contribution is -2.30. The molecule has 1 heterocycles. The standard InChI is InChI=1S/C26H30ClNO5/c1-4-6-7-15-33-19-11-8-17(9-12-19)23-22(25(30)26(31)28(23)14-5-2)24(29)20-16-18(27)10-13-21(20)32-3/h8-13,16,23,29H,4-7,14-15H2,1-3H3/b24-22+. The Morgan fingerprint density at radius 3 is 2.42 bits per heavy atom. The van der Waals surface area contributed by atoms with Crippen molar-refractivity contribution in [3.8, 4) is 11.5 Å². The Bertz CT molecular complexity index is 1030. The third-order valence-corrected chi connectivity index (χ3v) is 5.87. The fourth-order valence-electron chi connectivity index (χ4n) is 4.00. The van der Waals surface area contributed by atoms with Crippen LogP contribution >= 0.6 is 11.6 Å². The van der Waals surface area contributed by atoms with Crippen molar-refractivity contribution in [1.82, 2.24) is 4.90 Å². The van der Waals surface area contributed by atoms with E-state index in [1.165, 1.54) is 18.1 Å². The number of unbranched alkanes of at least 4 members (excludes halogenated alkanes) is 2. The molecule has 6 nitrogen and oxygen atoms in total. The molecule has 1 aliphatic heterocycles. The SMILES string of the molecule is CCCCCOc1ccc(C2/C(=C(\O)c3cc(Cl)ccc3OC)C(=O)C(=O)N2CCC)cc1. The van der Waals surface area contributed by atoms with Crippen molar-refractivity contribution < 1.29 is 24.2 Å². The summed E-state index contributed by atoms with van der Waals surface area (Å²) in [5.41, 5.74) is 0.997. The molecule has 0 spiro atoms.